The highest BCUT2D eigenvalue weighted by Crippen LogP contribution is 2.33. The molecular weight excluding hydrogens is 290 g/mol. The quantitative estimate of drug-likeness (QED) is 0.759. The predicted octanol–water partition coefficient (Wildman–Crippen LogP) is 1.82. The molecule has 0 radical (unpaired) electrons. The first kappa shape index (κ1) is 16.7. The van der Waals surface area contributed by atoms with Crippen LogP contribution in [-0.4, -0.2) is 48.4 Å². The van der Waals surface area contributed by atoms with Crippen molar-refractivity contribution >= 4 is 11.8 Å². The van der Waals surface area contributed by atoms with Crippen LogP contribution in [0.15, 0.2) is 0 Å². The Hall–Kier alpha value is -1.10. The van der Waals surface area contributed by atoms with Gasteiger partial charge in [-0.25, -0.2) is 0 Å². The van der Waals surface area contributed by atoms with Crippen molar-refractivity contribution in [3.8, 4) is 0 Å². The van der Waals surface area contributed by atoms with Gasteiger partial charge in [0.1, 0.15) is 0 Å². The molecule has 3 aliphatic rings. The lowest BCUT2D eigenvalue weighted by molar-refractivity contribution is -0.130. The average Bonchev–Trinajstić information content (AvgIpc) is 2.89. The summed E-state index contributed by atoms with van der Waals surface area (Å²) in [5.41, 5.74) is 0. The molecule has 2 saturated heterocycles. The van der Waals surface area contributed by atoms with Gasteiger partial charge in [-0.3, -0.25) is 9.59 Å². The van der Waals surface area contributed by atoms with Crippen LogP contribution in [0.2, 0.25) is 0 Å². The number of rotatable bonds is 5. The summed E-state index contributed by atoms with van der Waals surface area (Å²) in [6, 6.07) is 0.567. The van der Waals surface area contributed by atoms with Crippen molar-refractivity contribution in [1.82, 2.24) is 15.5 Å². The molecular formula is C18H31N3O2. The van der Waals surface area contributed by atoms with Crippen molar-refractivity contribution in [2.45, 2.75) is 76.3 Å². The van der Waals surface area contributed by atoms with Gasteiger partial charge in [-0.15, -0.1) is 0 Å². The average molecular weight is 321 g/mol. The maximum Gasteiger partial charge on any atom is 0.237 e. The fourth-order valence-corrected chi connectivity index (χ4v) is 4.40. The second-order valence-corrected chi connectivity index (χ2v) is 7.44. The van der Waals surface area contributed by atoms with Crippen LogP contribution in [0.3, 0.4) is 0 Å². The van der Waals surface area contributed by atoms with Gasteiger partial charge in [0.05, 0.1) is 6.04 Å². The molecule has 0 aromatic heterocycles. The monoisotopic (exact) mass is 321 g/mol. The van der Waals surface area contributed by atoms with Crippen molar-refractivity contribution in [3.05, 3.63) is 0 Å². The first-order chi connectivity index (χ1) is 11.2. The van der Waals surface area contributed by atoms with E-state index in [2.05, 4.69) is 10.6 Å². The SMILES string of the molecule is O=C(NCCCN1CCCCCC1=O)C1CC2CCCCC2N1. The van der Waals surface area contributed by atoms with E-state index >= 15 is 0 Å². The van der Waals surface area contributed by atoms with Crippen LogP contribution in [0.5, 0.6) is 0 Å². The minimum atomic E-state index is 0.00270. The molecule has 0 bridgehead atoms. The Morgan fingerprint density at radius 1 is 1.17 bits per heavy atom. The molecule has 3 fully saturated rings. The van der Waals surface area contributed by atoms with Gasteiger partial charge in [0.2, 0.25) is 11.8 Å². The fourth-order valence-electron chi connectivity index (χ4n) is 4.40. The largest absolute Gasteiger partial charge is 0.355 e. The Morgan fingerprint density at radius 2 is 2.04 bits per heavy atom. The van der Waals surface area contributed by atoms with Crippen molar-refractivity contribution in [3.63, 3.8) is 0 Å². The Morgan fingerprint density at radius 3 is 2.91 bits per heavy atom. The van der Waals surface area contributed by atoms with E-state index in [1.807, 2.05) is 4.90 Å². The molecule has 0 spiro atoms. The molecule has 1 aliphatic carbocycles. The van der Waals surface area contributed by atoms with Crippen LogP contribution >= 0.6 is 0 Å². The van der Waals surface area contributed by atoms with E-state index in [9.17, 15) is 9.59 Å². The fraction of sp³-hybridized carbons (Fsp3) is 0.889. The standard InChI is InChI=1S/C18H31N3O2/c22-17-9-2-1-5-11-21(17)12-6-10-19-18(23)16-13-14-7-3-4-8-15(14)20-16/h14-16,20H,1-13H2,(H,19,23). The number of nitrogens with zero attached hydrogens (tertiary/aromatic N) is 1. The summed E-state index contributed by atoms with van der Waals surface area (Å²) < 4.78 is 0. The van der Waals surface area contributed by atoms with Crippen molar-refractivity contribution in [2.75, 3.05) is 19.6 Å². The van der Waals surface area contributed by atoms with Gasteiger partial charge < -0.3 is 15.5 Å². The number of hydrogen-bond acceptors (Lipinski definition) is 3. The zero-order valence-corrected chi connectivity index (χ0v) is 14.2. The number of likely N-dealkylation sites (tertiary alicyclic amines) is 1. The van der Waals surface area contributed by atoms with Gasteiger partial charge in [0.25, 0.3) is 0 Å². The first-order valence-electron chi connectivity index (χ1n) is 9.55. The van der Waals surface area contributed by atoms with Crippen LogP contribution in [0, 0.1) is 5.92 Å². The van der Waals surface area contributed by atoms with Crippen LogP contribution in [0.1, 0.15) is 64.2 Å². The second-order valence-electron chi connectivity index (χ2n) is 7.44. The van der Waals surface area contributed by atoms with Crippen LogP contribution in [-0.2, 0) is 9.59 Å². The summed E-state index contributed by atoms with van der Waals surface area (Å²) in [7, 11) is 0. The third-order valence-corrected chi connectivity index (χ3v) is 5.75. The lowest BCUT2D eigenvalue weighted by Crippen LogP contribution is -2.44. The summed E-state index contributed by atoms with van der Waals surface area (Å²) in [6.45, 7) is 2.35. The molecule has 3 rings (SSSR count). The summed E-state index contributed by atoms with van der Waals surface area (Å²) in [5.74, 6) is 1.14. The molecule has 3 atom stereocenters. The third-order valence-electron chi connectivity index (χ3n) is 5.75. The Balaban J connectivity index is 1.34. The number of carbonyl (C=O) groups excluding carboxylic acids is 2. The molecule has 130 valence electrons. The maximum atomic E-state index is 12.3. The molecule has 5 nitrogen and oxygen atoms in total. The highest BCUT2D eigenvalue weighted by Gasteiger charge is 2.37. The molecule has 2 heterocycles. The van der Waals surface area contributed by atoms with E-state index in [-0.39, 0.29) is 17.9 Å². The van der Waals surface area contributed by atoms with Crippen molar-refractivity contribution in [1.29, 1.82) is 0 Å². The zero-order valence-electron chi connectivity index (χ0n) is 14.2. The number of hydrogen-bond donors (Lipinski definition) is 2. The van der Waals surface area contributed by atoms with Gasteiger partial charge in [-0.05, 0) is 44.4 Å². The molecule has 0 aromatic rings. The predicted molar refractivity (Wildman–Crippen MR) is 90.0 cm³/mol. The minimum Gasteiger partial charge on any atom is -0.355 e. The Bertz CT molecular complexity index is 412. The first-order valence-corrected chi connectivity index (χ1v) is 9.55. The van der Waals surface area contributed by atoms with Crippen LogP contribution in [0.4, 0.5) is 0 Å². The summed E-state index contributed by atoms with van der Waals surface area (Å²) in [5, 5.41) is 6.59. The molecule has 2 amide bonds. The third kappa shape index (κ3) is 4.46. The maximum absolute atomic E-state index is 12.3. The van der Waals surface area contributed by atoms with E-state index in [0.717, 1.165) is 45.2 Å². The summed E-state index contributed by atoms with van der Waals surface area (Å²) >= 11 is 0. The number of amides is 2. The summed E-state index contributed by atoms with van der Waals surface area (Å²) in [6.07, 6.45) is 11.0. The number of carbonyl (C=O) groups is 2. The van der Waals surface area contributed by atoms with Crippen LogP contribution < -0.4 is 10.6 Å². The number of nitrogens with one attached hydrogen (secondary N) is 2. The highest BCUT2D eigenvalue weighted by atomic mass is 16.2. The smallest absolute Gasteiger partial charge is 0.237 e. The molecule has 1 saturated carbocycles. The molecule has 0 aromatic carbocycles. The van der Waals surface area contributed by atoms with E-state index in [1.54, 1.807) is 0 Å². The van der Waals surface area contributed by atoms with E-state index in [1.165, 1.54) is 25.7 Å². The lowest BCUT2D eigenvalue weighted by atomic mass is 9.85. The zero-order chi connectivity index (χ0) is 16.1. The van der Waals surface area contributed by atoms with Gasteiger partial charge in [0.15, 0.2) is 0 Å². The molecule has 2 N–H and O–H groups in total. The minimum absolute atomic E-state index is 0.00270. The Labute approximate surface area is 139 Å². The van der Waals surface area contributed by atoms with Crippen molar-refractivity contribution in [2.24, 2.45) is 5.92 Å². The van der Waals surface area contributed by atoms with Gasteiger partial charge in [0, 0.05) is 32.1 Å². The highest BCUT2D eigenvalue weighted by molar-refractivity contribution is 5.82. The van der Waals surface area contributed by atoms with Crippen LogP contribution in [0.25, 0.3) is 0 Å². The second kappa shape index (κ2) is 8.13. The molecule has 3 unspecified atom stereocenters. The van der Waals surface area contributed by atoms with Crippen molar-refractivity contribution < 1.29 is 9.59 Å². The normalized spacial score (nSPS) is 31.6. The molecule has 2 aliphatic heterocycles. The van der Waals surface area contributed by atoms with E-state index in [0.29, 0.717) is 24.9 Å². The lowest BCUT2D eigenvalue weighted by Gasteiger charge is -2.24. The van der Waals surface area contributed by atoms with Gasteiger partial charge >= 0.3 is 0 Å². The Kier molecular flexibility index (Phi) is 5.92. The summed E-state index contributed by atoms with van der Waals surface area (Å²) in [4.78, 5) is 26.2. The number of fused-ring (bicyclic) bond motifs is 1. The van der Waals surface area contributed by atoms with Gasteiger partial charge in [-0.2, -0.15) is 0 Å². The van der Waals surface area contributed by atoms with E-state index < -0.39 is 0 Å². The van der Waals surface area contributed by atoms with E-state index in [4.69, 9.17) is 0 Å². The van der Waals surface area contributed by atoms with Gasteiger partial charge in [-0.1, -0.05) is 19.3 Å². The molecule has 5 heteroatoms. The molecule has 23 heavy (non-hydrogen) atoms. The topological polar surface area (TPSA) is 61.4 Å².